The lowest BCUT2D eigenvalue weighted by molar-refractivity contribution is 0.198. The van der Waals surface area contributed by atoms with Gasteiger partial charge in [0.1, 0.15) is 5.82 Å². The lowest BCUT2D eigenvalue weighted by Crippen LogP contribution is -2.37. The second-order valence-electron chi connectivity index (χ2n) is 5.49. The van der Waals surface area contributed by atoms with E-state index in [4.69, 9.17) is 0 Å². The molecule has 1 fully saturated rings. The highest BCUT2D eigenvalue weighted by Gasteiger charge is 2.20. The number of hydrogen-bond donors (Lipinski definition) is 1. The maximum Gasteiger partial charge on any atom is 0.124 e. The van der Waals surface area contributed by atoms with Gasteiger partial charge in [-0.3, -0.25) is 4.90 Å². The molecule has 1 aliphatic rings. The molecule has 0 amide bonds. The van der Waals surface area contributed by atoms with Crippen LogP contribution in [0, 0.1) is 11.7 Å². The minimum absolute atomic E-state index is 0.193. The molecule has 2 nitrogen and oxygen atoms in total. The number of nitrogens with one attached hydrogen (secondary N) is 1. The van der Waals surface area contributed by atoms with E-state index in [1.165, 1.54) is 18.9 Å². The summed E-state index contributed by atoms with van der Waals surface area (Å²) in [4.78, 5) is 2.36. The first-order valence-corrected chi connectivity index (χ1v) is 7.73. The summed E-state index contributed by atoms with van der Waals surface area (Å²) in [6.07, 6.45) is 2.57. The summed E-state index contributed by atoms with van der Waals surface area (Å²) in [5.74, 6) is 0.530. The van der Waals surface area contributed by atoms with E-state index in [0.717, 1.165) is 35.6 Å². The van der Waals surface area contributed by atoms with Gasteiger partial charge in [0.25, 0.3) is 0 Å². The molecule has 0 saturated carbocycles. The van der Waals surface area contributed by atoms with Crippen LogP contribution in [-0.4, -0.2) is 31.6 Å². The number of benzene rings is 1. The largest absolute Gasteiger partial charge is 0.316 e. The maximum absolute atomic E-state index is 13.1. The van der Waals surface area contributed by atoms with Crippen LogP contribution in [0.1, 0.15) is 31.4 Å². The summed E-state index contributed by atoms with van der Waals surface area (Å²) >= 11 is 3.46. The fourth-order valence-electron chi connectivity index (χ4n) is 2.72. The zero-order valence-electron chi connectivity index (χ0n) is 11.6. The average Bonchev–Trinajstić information content (AvgIpc) is 2.39. The number of nitrogens with zero attached hydrogens (tertiary/aromatic N) is 1. The summed E-state index contributed by atoms with van der Waals surface area (Å²) in [5, 5.41) is 3.45. The summed E-state index contributed by atoms with van der Waals surface area (Å²) < 4.78 is 14.0. The van der Waals surface area contributed by atoms with Crippen LogP contribution >= 0.6 is 15.9 Å². The van der Waals surface area contributed by atoms with Crippen molar-refractivity contribution in [2.24, 2.45) is 5.92 Å². The van der Waals surface area contributed by atoms with Crippen LogP contribution in [0.3, 0.4) is 0 Å². The predicted octanol–water partition coefficient (Wildman–Crippen LogP) is 3.58. The van der Waals surface area contributed by atoms with E-state index in [2.05, 4.69) is 40.1 Å². The lowest BCUT2D eigenvalue weighted by atomic mass is 9.98. The molecule has 2 unspecified atom stereocenters. The highest BCUT2D eigenvalue weighted by molar-refractivity contribution is 9.10. The maximum atomic E-state index is 13.1. The molecule has 1 aromatic rings. The minimum atomic E-state index is -0.193. The van der Waals surface area contributed by atoms with Crippen molar-refractivity contribution in [3.8, 4) is 0 Å². The van der Waals surface area contributed by atoms with Crippen molar-refractivity contribution >= 4 is 15.9 Å². The van der Waals surface area contributed by atoms with Gasteiger partial charge in [0.05, 0.1) is 0 Å². The van der Waals surface area contributed by atoms with E-state index in [-0.39, 0.29) is 11.9 Å². The molecule has 1 heterocycles. The predicted molar refractivity (Wildman–Crippen MR) is 80.7 cm³/mol. The summed E-state index contributed by atoms with van der Waals surface area (Å²) in [6.45, 7) is 5.52. The van der Waals surface area contributed by atoms with Gasteiger partial charge in [0.15, 0.2) is 0 Å². The Bertz CT molecular complexity index is 419. The highest BCUT2D eigenvalue weighted by Crippen LogP contribution is 2.28. The number of rotatable bonds is 4. The summed E-state index contributed by atoms with van der Waals surface area (Å²) in [7, 11) is 2.15. The Morgan fingerprint density at radius 2 is 2.32 bits per heavy atom. The zero-order chi connectivity index (χ0) is 13.8. The Morgan fingerprint density at radius 1 is 1.53 bits per heavy atom. The second kappa shape index (κ2) is 6.82. The minimum Gasteiger partial charge on any atom is -0.316 e. The molecule has 1 N–H and O–H groups in total. The van der Waals surface area contributed by atoms with Crippen LogP contribution < -0.4 is 5.32 Å². The van der Waals surface area contributed by atoms with Crippen LogP contribution in [0.4, 0.5) is 4.39 Å². The van der Waals surface area contributed by atoms with Crippen LogP contribution in [0.15, 0.2) is 22.7 Å². The molecule has 19 heavy (non-hydrogen) atoms. The fourth-order valence-corrected chi connectivity index (χ4v) is 3.41. The SMILES string of the molecule is CC(c1ccc(F)cc1Br)N(C)CC1CCCNC1. The molecule has 0 bridgehead atoms. The normalized spacial score (nSPS) is 21.6. The Morgan fingerprint density at radius 3 is 2.95 bits per heavy atom. The molecule has 2 atom stereocenters. The summed E-state index contributed by atoms with van der Waals surface area (Å²) in [6, 6.07) is 5.24. The fraction of sp³-hybridized carbons (Fsp3) is 0.600. The van der Waals surface area contributed by atoms with Crippen molar-refractivity contribution < 1.29 is 4.39 Å². The first-order chi connectivity index (χ1) is 9.08. The highest BCUT2D eigenvalue weighted by atomic mass is 79.9. The van der Waals surface area contributed by atoms with Crippen molar-refractivity contribution in [1.82, 2.24) is 10.2 Å². The van der Waals surface area contributed by atoms with Crippen LogP contribution in [0.2, 0.25) is 0 Å². The molecule has 1 saturated heterocycles. The topological polar surface area (TPSA) is 15.3 Å². The van der Waals surface area contributed by atoms with E-state index in [0.29, 0.717) is 0 Å². The first kappa shape index (κ1) is 14.9. The molecule has 0 spiro atoms. The Labute approximate surface area is 123 Å². The molecule has 4 heteroatoms. The third-order valence-electron chi connectivity index (χ3n) is 4.02. The standard InChI is InChI=1S/C15H22BrFN2/c1-11(14-6-5-13(17)8-15(14)16)19(2)10-12-4-3-7-18-9-12/h5-6,8,11-12,18H,3-4,7,9-10H2,1-2H3. The smallest absolute Gasteiger partial charge is 0.124 e. The van der Waals surface area contributed by atoms with Gasteiger partial charge in [-0.25, -0.2) is 4.39 Å². The quantitative estimate of drug-likeness (QED) is 0.908. The second-order valence-corrected chi connectivity index (χ2v) is 6.35. The molecule has 0 aliphatic carbocycles. The third kappa shape index (κ3) is 4.01. The van der Waals surface area contributed by atoms with Crippen molar-refractivity contribution in [2.45, 2.75) is 25.8 Å². The van der Waals surface area contributed by atoms with Gasteiger partial charge in [-0.1, -0.05) is 22.0 Å². The monoisotopic (exact) mass is 328 g/mol. The van der Waals surface area contributed by atoms with Gasteiger partial charge in [0.2, 0.25) is 0 Å². The van der Waals surface area contributed by atoms with E-state index < -0.39 is 0 Å². The molecular formula is C15H22BrFN2. The Kier molecular flexibility index (Phi) is 5.37. The van der Waals surface area contributed by atoms with Gasteiger partial charge in [-0.05, 0) is 63.5 Å². The lowest BCUT2D eigenvalue weighted by Gasteiger charge is -2.32. The number of halogens is 2. The van der Waals surface area contributed by atoms with Gasteiger partial charge in [0, 0.05) is 17.1 Å². The van der Waals surface area contributed by atoms with Crippen LogP contribution in [-0.2, 0) is 0 Å². The molecule has 106 valence electrons. The molecular weight excluding hydrogens is 307 g/mol. The van der Waals surface area contributed by atoms with E-state index >= 15 is 0 Å². The number of hydrogen-bond acceptors (Lipinski definition) is 2. The zero-order valence-corrected chi connectivity index (χ0v) is 13.2. The number of piperidine rings is 1. The van der Waals surface area contributed by atoms with E-state index in [1.807, 2.05) is 6.07 Å². The molecule has 0 radical (unpaired) electrons. The molecule has 1 aromatic carbocycles. The van der Waals surface area contributed by atoms with E-state index in [9.17, 15) is 4.39 Å². The first-order valence-electron chi connectivity index (χ1n) is 6.94. The Hall–Kier alpha value is -0.450. The summed E-state index contributed by atoms with van der Waals surface area (Å²) in [5.41, 5.74) is 1.15. The van der Waals surface area contributed by atoms with Gasteiger partial charge in [-0.2, -0.15) is 0 Å². The van der Waals surface area contributed by atoms with Gasteiger partial charge in [-0.15, -0.1) is 0 Å². The van der Waals surface area contributed by atoms with Crippen molar-refractivity contribution in [3.05, 3.63) is 34.1 Å². The average molecular weight is 329 g/mol. The van der Waals surface area contributed by atoms with Gasteiger partial charge < -0.3 is 5.32 Å². The van der Waals surface area contributed by atoms with Crippen LogP contribution in [0.25, 0.3) is 0 Å². The van der Waals surface area contributed by atoms with Crippen molar-refractivity contribution in [2.75, 3.05) is 26.7 Å². The Balaban J connectivity index is 1.99. The van der Waals surface area contributed by atoms with E-state index in [1.54, 1.807) is 6.07 Å². The van der Waals surface area contributed by atoms with Crippen molar-refractivity contribution in [3.63, 3.8) is 0 Å². The molecule has 2 rings (SSSR count). The molecule has 0 aromatic heterocycles. The van der Waals surface area contributed by atoms with Gasteiger partial charge >= 0.3 is 0 Å². The molecule has 1 aliphatic heterocycles. The van der Waals surface area contributed by atoms with Crippen LogP contribution in [0.5, 0.6) is 0 Å². The third-order valence-corrected chi connectivity index (χ3v) is 4.71. The van der Waals surface area contributed by atoms with Crippen molar-refractivity contribution in [1.29, 1.82) is 0 Å².